The first-order valence-electron chi connectivity index (χ1n) is 9.20. The van der Waals surface area contributed by atoms with Crippen LogP contribution in [0.1, 0.15) is 32.2 Å². The van der Waals surface area contributed by atoms with Crippen LogP contribution in [0.4, 0.5) is 0 Å². The van der Waals surface area contributed by atoms with Gasteiger partial charge in [0.1, 0.15) is 0 Å². The van der Waals surface area contributed by atoms with Crippen molar-refractivity contribution in [3.05, 3.63) is 70.0 Å². The van der Waals surface area contributed by atoms with Gasteiger partial charge in [0.2, 0.25) is 5.89 Å². The van der Waals surface area contributed by atoms with E-state index in [1.807, 2.05) is 64.1 Å². The van der Waals surface area contributed by atoms with Crippen LogP contribution in [0.15, 0.2) is 52.9 Å². The fraction of sp³-hybridized carbons (Fsp3) is 0.227. The van der Waals surface area contributed by atoms with E-state index in [0.717, 1.165) is 22.5 Å². The van der Waals surface area contributed by atoms with E-state index in [9.17, 15) is 0 Å². The number of nitrogens with zero attached hydrogens (tertiary/aromatic N) is 4. The van der Waals surface area contributed by atoms with Crippen LogP contribution in [-0.4, -0.2) is 20.0 Å². The van der Waals surface area contributed by atoms with Crippen LogP contribution >= 0.6 is 23.2 Å². The van der Waals surface area contributed by atoms with Gasteiger partial charge in [0, 0.05) is 21.6 Å². The van der Waals surface area contributed by atoms with Gasteiger partial charge >= 0.3 is 0 Å². The van der Waals surface area contributed by atoms with Crippen molar-refractivity contribution in [2.45, 2.75) is 33.1 Å². The number of benzene rings is 2. The fourth-order valence-electron chi connectivity index (χ4n) is 3.08. The number of hydrogen-bond acceptors (Lipinski definition) is 4. The second kappa shape index (κ2) is 7.32. The van der Waals surface area contributed by atoms with Gasteiger partial charge in [-0.2, -0.15) is 5.10 Å². The number of aromatic nitrogens is 4. The highest BCUT2D eigenvalue weighted by Gasteiger charge is 2.26. The van der Waals surface area contributed by atoms with Crippen molar-refractivity contribution in [2.75, 3.05) is 0 Å². The quantitative estimate of drug-likeness (QED) is 0.374. The molecule has 4 rings (SSSR count). The highest BCUT2D eigenvalue weighted by Crippen LogP contribution is 2.36. The third-order valence-corrected chi connectivity index (χ3v) is 5.11. The molecule has 2 aromatic heterocycles. The van der Waals surface area contributed by atoms with Crippen LogP contribution in [0.25, 0.3) is 28.5 Å². The first-order valence-corrected chi connectivity index (χ1v) is 9.96. The molecule has 5 nitrogen and oxygen atoms in total. The SMILES string of the molecule is Cc1c(-c2nnc(C(C)(C)C)o2)nn(-c2ccc(Cl)cc2Cl)c1-c1ccccc1. The number of halogens is 2. The molecule has 0 N–H and O–H groups in total. The van der Waals surface area contributed by atoms with Gasteiger partial charge in [0.15, 0.2) is 5.69 Å². The molecule has 2 heterocycles. The Kier molecular flexibility index (Phi) is 4.97. The molecule has 0 radical (unpaired) electrons. The van der Waals surface area contributed by atoms with Gasteiger partial charge in [0.05, 0.1) is 16.4 Å². The molecule has 2 aromatic carbocycles. The topological polar surface area (TPSA) is 56.7 Å². The molecule has 148 valence electrons. The summed E-state index contributed by atoms with van der Waals surface area (Å²) in [4.78, 5) is 0. The molecule has 0 fully saturated rings. The second-order valence-electron chi connectivity index (χ2n) is 7.86. The summed E-state index contributed by atoms with van der Waals surface area (Å²) in [7, 11) is 0. The number of rotatable bonds is 3. The molecule has 0 aliphatic heterocycles. The van der Waals surface area contributed by atoms with Gasteiger partial charge < -0.3 is 4.42 Å². The van der Waals surface area contributed by atoms with Gasteiger partial charge in [0.25, 0.3) is 5.89 Å². The van der Waals surface area contributed by atoms with Crippen LogP contribution in [-0.2, 0) is 5.41 Å². The molecule has 0 spiro atoms. The smallest absolute Gasteiger partial charge is 0.268 e. The molecule has 0 aliphatic carbocycles. The van der Waals surface area contributed by atoms with E-state index < -0.39 is 0 Å². The average molecular weight is 427 g/mol. The maximum atomic E-state index is 6.50. The van der Waals surface area contributed by atoms with E-state index in [-0.39, 0.29) is 5.41 Å². The lowest BCUT2D eigenvalue weighted by Crippen LogP contribution is -2.11. The highest BCUT2D eigenvalue weighted by molar-refractivity contribution is 6.35. The van der Waals surface area contributed by atoms with Gasteiger partial charge in [-0.1, -0.05) is 74.3 Å². The molecule has 0 atom stereocenters. The van der Waals surface area contributed by atoms with Crippen LogP contribution in [0.2, 0.25) is 10.0 Å². The molecular weight excluding hydrogens is 407 g/mol. The van der Waals surface area contributed by atoms with E-state index in [2.05, 4.69) is 10.2 Å². The molecule has 0 saturated heterocycles. The molecule has 4 aromatic rings. The molecule has 0 saturated carbocycles. The summed E-state index contributed by atoms with van der Waals surface area (Å²) in [6.07, 6.45) is 0. The Bertz CT molecular complexity index is 1170. The van der Waals surface area contributed by atoms with Crippen molar-refractivity contribution in [3.63, 3.8) is 0 Å². The van der Waals surface area contributed by atoms with E-state index in [1.54, 1.807) is 16.8 Å². The summed E-state index contributed by atoms with van der Waals surface area (Å²) in [5.74, 6) is 0.945. The molecule has 0 amide bonds. The third-order valence-electron chi connectivity index (χ3n) is 4.58. The van der Waals surface area contributed by atoms with Gasteiger partial charge in [-0.05, 0) is 25.1 Å². The van der Waals surface area contributed by atoms with Gasteiger partial charge in [-0.15, -0.1) is 10.2 Å². The van der Waals surface area contributed by atoms with Crippen molar-refractivity contribution in [3.8, 4) is 28.5 Å². The average Bonchev–Trinajstić information content (AvgIpc) is 3.27. The van der Waals surface area contributed by atoms with Gasteiger partial charge in [-0.25, -0.2) is 4.68 Å². The summed E-state index contributed by atoms with van der Waals surface area (Å²) >= 11 is 12.6. The summed E-state index contributed by atoms with van der Waals surface area (Å²) in [6.45, 7) is 8.07. The standard InChI is InChI=1S/C22H20Cl2N4O/c1-13-18(20-25-26-21(29-20)22(2,3)4)27-28(17-11-10-15(23)12-16(17)24)19(13)14-8-6-5-7-9-14/h5-12H,1-4H3. The minimum atomic E-state index is -0.247. The Morgan fingerprint density at radius 3 is 2.31 bits per heavy atom. The summed E-state index contributed by atoms with van der Waals surface area (Å²) in [5.41, 5.74) is 3.93. The number of hydrogen-bond donors (Lipinski definition) is 0. The normalized spacial score (nSPS) is 11.8. The zero-order chi connectivity index (χ0) is 20.8. The monoisotopic (exact) mass is 426 g/mol. The Hall–Kier alpha value is -2.63. The largest absolute Gasteiger partial charge is 0.419 e. The van der Waals surface area contributed by atoms with E-state index in [1.165, 1.54) is 0 Å². The Labute approximate surface area is 179 Å². The van der Waals surface area contributed by atoms with Crippen LogP contribution in [0, 0.1) is 6.92 Å². The summed E-state index contributed by atoms with van der Waals surface area (Å²) in [6, 6.07) is 15.3. The van der Waals surface area contributed by atoms with E-state index in [4.69, 9.17) is 32.7 Å². The summed E-state index contributed by atoms with van der Waals surface area (Å²) < 4.78 is 7.76. The van der Waals surface area contributed by atoms with Crippen molar-refractivity contribution in [1.82, 2.24) is 20.0 Å². The lowest BCUT2D eigenvalue weighted by Gasteiger charge is -2.10. The Morgan fingerprint density at radius 2 is 1.69 bits per heavy atom. The predicted molar refractivity (Wildman–Crippen MR) is 116 cm³/mol. The third kappa shape index (κ3) is 3.68. The minimum absolute atomic E-state index is 0.247. The second-order valence-corrected chi connectivity index (χ2v) is 8.70. The molecule has 0 bridgehead atoms. The predicted octanol–water partition coefficient (Wildman–Crippen LogP) is 6.50. The van der Waals surface area contributed by atoms with Crippen molar-refractivity contribution in [2.24, 2.45) is 0 Å². The minimum Gasteiger partial charge on any atom is -0.419 e. The van der Waals surface area contributed by atoms with Crippen LogP contribution < -0.4 is 0 Å². The Balaban J connectivity index is 1.95. The van der Waals surface area contributed by atoms with E-state index in [0.29, 0.717) is 27.5 Å². The molecule has 29 heavy (non-hydrogen) atoms. The van der Waals surface area contributed by atoms with Crippen LogP contribution in [0.3, 0.4) is 0 Å². The molecule has 0 aliphatic rings. The van der Waals surface area contributed by atoms with Crippen molar-refractivity contribution < 1.29 is 4.42 Å². The lowest BCUT2D eigenvalue weighted by atomic mass is 9.97. The van der Waals surface area contributed by atoms with Crippen molar-refractivity contribution >= 4 is 23.2 Å². The Morgan fingerprint density at radius 1 is 0.966 bits per heavy atom. The first kappa shape index (κ1) is 19.7. The zero-order valence-electron chi connectivity index (χ0n) is 16.6. The lowest BCUT2D eigenvalue weighted by molar-refractivity contribution is 0.398. The fourth-order valence-corrected chi connectivity index (χ4v) is 3.57. The first-order chi connectivity index (χ1) is 13.8. The van der Waals surface area contributed by atoms with Crippen LogP contribution in [0.5, 0.6) is 0 Å². The van der Waals surface area contributed by atoms with Crippen molar-refractivity contribution in [1.29, 1.82) is 0 Å². The van der Waals surface area contributed by atoms with E-state index >= 15 is 0 Å². The molecule has 0 unspecified atom stereocenters. The zero-order valence-corrected chi connectivity index (χ0v) is 18.1. The maximum absolute atomic E-state index is 6.50. The van der Waals surface area contributed by atoms with Gasteiger partial charge in [-0.3, -0.25) is 0 Å². The summed E-state index contributed by atoms with van der Waals surface area (Å²) in [5, 5.41) is 14.3. The molecule has 7 heteroatoms. The maximum Gasteiger partial charge on any atom is 0.268 e. The highest BCUT2D eigenvalue weighted by atomic mass is 35.5. The molecular formula is C22H20Cl2N4O.